The van der Waals surface area contributed by atoms with Crippen LogP contribution in [0.4, 0.5) is 0 Å². The molecule has 25 heavy (non-hydrogen) atoms. The average molecular weight is 357 g/mol. The SMILES string of the molecule is O=C(NCc1cccc(Cl)c1)[C@@H]1Oc2ccccc2C12CCNCC2. The Labute approximate surface area is 152 Å². The normalized spacial score (nSPS) is 20.8. The maximum Gasteiger partial charge on any atom is 0.262 e. The fraction of sp³-hybridized carbons (Fsp3) is 0.350. The van der Waals surface area contributed by atoms with E-state index in [0.717, 1.165) is 37.2 Å². The molecule has 0 aromatic heterocycles. The molecule has 2 heterocycles. The Morgan fingerprint density at radius 3 is 2.80 bits per heavy atom. The van der Waals surface area contributed by atoms with Crippen molar-refractivity contribution in [1.82, 2.24) is 10.6 Å². The van der Waals surface area contributed by atoms with Crippen LogP contribution < -0.4 is 15.4 Å². The monoisotopic (exact) mass is 356 g/mol. The average Bonchev–Trinajstić information content (AvgIpc) is 2.95. The van der Waals surface area contributed by atoms with Crippen LogP contribution in [0, 0.1) is 0 Å². The van der Waals surface area contributed by atoms with E-state index in [2.05, 4.69) is 16.7 Å². The van der Waals surface area contributed by atoms with E-state index < -0.39 is 6.10 Å². The third-order valence-corrected chi connectivity index (χ3v) is 5.49. The molecule has 0 bridgehead atoms. The first-order valence-corrected chi connectivity index (χ1v) is 9.06. The number of carbonyl (C=O) groups is 1. The van der Waals surface area contributed by atoms with Gasteiger partial charge in [0.05, 0.1) is 0 Å². The van der Waals surface area contributed by atoms with Crippen molar-refractivity contribution in [3.05, 3.63) is 64.7 Å². The van der Waals surface area contributed by atoms with Gasteiger partial charge in [0, 0.05) is 22.5 Å². The standard InChI is InChI=1S/C20H21ClN2O2/c21-15-5-3-4-14(12-15)13-23-19(24)18-20(8-10-22-11-9-20)16-6-1-2-7-17(16)25-18/h1-7,12,18,22H,8-11,13H2,(H,23,24)/t18-/m0/s1. The lowest BCUT2D eigenvalue weighted by molar-refractivity contribution is -0.130. The summed E-state index contributed by atoms with van der Waals surface area (Å²) in [5.74, 6) is 0.783. The second-order valence-corrected chi connectivity index (χ2v) is 7.18. The van der Waals surface area contributed by atoms with Gasteiger partial charge in [-0.15, -0.1) is 0 Å². The Morgan fingerprint density at radius 2 is 2.00 bits per heavy atom. The minimum Gasteiger partial charge on any atom is -0.479 e. The molecular weight excluding hydrogens is 336 g/mol. The van der Waals surface area contributed by atoms with Crippen molar-refractivity contribution in [2.45, 2.75) is 30.9 Å². The van der Waals surface area contributed by atoms with Crippen molar-refractivity contribution in [2.24, 2.45) is 0 Å². The molecule has 1 amide bonds. The summed E-state index contributed by atoms with van der Waals surface area (Å²) in [7, 11) is 0. The molecule has 1 saturated heterocycles. The number of halogens is 1. The third-order valence-electron chi connectivity index (χ3n) is 5.26. The number of amides is 1. The van der Waals surface area contributed by atoms with Crippen LogP contribution in [0.3, 0.4) is 0 Å². The molecule has 0 saturated carbocycles. The second-order valence-electron chi connectivity index (χ2n) is 6.75. The largest absolute Gasteiger partial charge is 0.479 e. The van der Waals surface area contributed by atoms with E-state index in [1.807, 2.05) is 42.5 Å². The third kappa shape index (κ3) is 3.00. The molecule has 1 spiro atoms. The summed E-state index contributed by atoms with van der Waals surface area (Å²) in [6.45, 7) is 2.25. The van der Waals surface area contributed by atoms with Crippen LogP contribution in [0.5, 0.6) is 5.75 Å². The zero-order valence-corrected chi connectivity index (χ0v) is 14.7. The summed E-state index contributed by atoms with van der Waals surface area (Å²) in [6.07, 6.45) is 1.32. The summed E-state index contributed by atoms with van der Waals surface area (Å²) in [5, 5.41) is 7.09. The molecule has 5 heteroatoms. The zero-order chi connectivity index (χ0) is 17.3. The highest BCUT2D eigenvalue weighted by atomic mass is 35.5. The van der Waals surface area contributed by atoms with Gasteiger partial charge in [0.1, 0.15) is 5.75 Å². The van der Waals surface area contributed by atoms with E-state index in [9.17, 15) is 4.79 Å². The van der Waals surface area contributed by atoms with Crippen LogP contribution in [-0.2, 0) is 16.8 Å². The number of nitrogens with one attached hydrogen (secondary N) is 2. The molecule has 2 aliphatic heterocycles. The van der Waals surface area contributed by atoms with Gasteiger partial charge < -0.3 is 15.4 Å². The smallest absolute Gasteiger partial charge is 0.262 e. The van der Waals surface area contributed by atoms with Gasteiger partial charge in [-0.05, 0) is 49.7 Å². The lowest BCUT2D eigenvalue weighted by atomic mass is 9.70. The lowest BCUT2D eigenvalue weighted by Gasteiger charge is -2.37. The fourth-order valence-corrected chi connectivity index (χ4v) is 4.21. The summed E-state index contributed by atoms with van der Waals surface area (Å²) < 4.78 is 6.11. The number of fused-ring (bicyclic) bond motifs is 2. The maximum atomic E-state index is 13.0. The van der Waals surface area contributed by atoms with Gasteiger partial charge in [-0.25, -0.2) is 0 Å². The molecule has 1 fully saturated rings. The minimum absolute atomic E-state index is 0.0573. The van der Waals surface area contributed by atoms with Crippen molar-refractivity contribution < 1.29 is 9.53 Å². The Kier molecular flexibility index (Phi) is 4.40. The van der Waals surface area contributed by atoms with E-state index in [0.29, 0.717) is 11.6 Å². The molecule has 2 N–H and O–H groups in total. The molecular formula is C20H21ClN2O2. The topological polar surface area (TPSA) is 50.4 Å². The quantitative estimate of drug-likeness (QED) is 0.888. The Hall–Kier alpha value is -2.04. The molecule has 0 radical (unpaired) electrons. The lowest BCUT2D eigenvalue weighted by Crippen LogP contribution is -2.53. The van der Waals surface area contributed by atoms with Gasteiger partial charge in [0.2, 0.25) is 0 Å². The molecule has 4 rings (SSSR count). The number of ether oxygens (including phenoxy) is 1. The molecule has 130 valence electrons. The van der Waals surface area contributed by atoms with Gasteiger partial charge in [-0.2, -0.15) is 0 Å². The van der Waals surface area contributed by atoms with E-state index in [1.165, 1.54) is 5.56 Å². The van der Waals surface area contributed by atoms with Gasteiger partial charge in [-0.3, -0.25) is 4.79 Å². The van der Waals surface area contributed by atoms with E-state index in [1.54, 1.807) is 0 Å². The number of rotatable bonds is 3. The summed E-state index contributed by atoms with van der Waals surface area (Å²) in [6, 6.07) is 15.6. The second kappa shape index (κ2) is 6.70. The van der Waals surface area contributed by atoms with Gasteiger partial charge in [0.15, 0.2) is 6.10 Å². The van der Waals surface area contributed by atoms with Crippen LogP contribution in [-0.4, -0.2) is 25.1 Å². The Bertz CT molecular complexity index is 787. The van der Waals surface area contributed by atoms with Crippen LogP contribution in [0.2, 0.25) is 5.02 Å². The van der Waals surface area contributed by atoms with E-state index >= 15 is 0 Å². The summed E-state index contributed by atoms with van der Waals surface area (Å²) in [5.41, 5.74) is 1.91. The highest BCUT2D eigenvalue weighted by Gasteiger charge is 2.52. The predicted molar refractivity (Wildman–Crippen MR) is 97.9 cm³/mol. The van der Waals surface area contributed by atoms with Crippen molar-refractivity contribution in [2.75, 3.05) is 13.1 Å². The summed E-state index contributed by atoms with van der Waals surface area (Å²) in [4.78, 5) is 13.0. The molecule has 1 atom stereocenters. The minimum atomic E-state index is -0.480. The Balaban J connectivity index is 1.55. The number of hydrogen-bond acceptors (Lipinski definition) is 3. The number of benzene rings is 2. The first-order chi connectivity index (χ1) is 12.2. The number of carbonyl (C=O) groups excluding carboxylic acids is 1. The first kappa shape index (κ1) is 16.4. The van der Waals surface area contributed by atoms with Gasteiger partial charge in [0.25, 0.3) is 5.91 Å². The first-order valence-electron chi connectivity index (χ1n) is 8.68. The molecule has 2 aliphatic rings. The van der Waals surface area contributed by atoms with Crippen LogP contribution in [0.15, 0.2) is 48.5 Å². The number of piperidine rings is 1. The molecule has 0 unspecified atom stereocenters. The molecule has 0 aliphatic carbocycles. The van der Waals surface area contributed by atoms with Gasteiger partial charge in [-0.1, -0.05) is 41.9 Å². The van der Waals surface area contributed by atoms with E-state index in [4.69, 9.17) is 16.3 Å². The predicted octanol–water partition coefficient (Wildman–Crippen LogP) is 3.04. The van der Waals surface area contributed by atoms with Crippen LogP contribution >= 0.6 is 11.6 Å². The molecule has 2 aromatic carbocycles. The highest BCUT2D eigenvalue weighted by molar-refractivity contribution is 6.30. The van der Waals surface area contributed by atoms with Crippen molar-refractivity contribution in [3.8, 4) is 5.75 Å². The van der Waals surface area contributed by atoms with Crippen molar-refractivity contribution in [1.29, 1.82) is 0 Å². The highest BCUT2D eigenvalue weighted by Crippen LogP contribution is 2.48. The maximum absolute atomic E-state index is 13.0. The number of para-hydroxylation sites is 1. The molecule has 2 aromatic rings. The number of hydrogen-bond donors (Lipinski definition) is 2. The fourth-order valence-electron chi connectivity index (χ4n) is 4.00. The van der Waals surface area contributed by atoms with E-state index in [-0.39, 0.29) is 11.3 Å². The van der Waals surface area contributed by atoms with Crippen LogP contribution in [0.25, 0.3) is 0 Å². The molecule has 4 nitrogen and oxygen atoms in total. The van der Waals surface area contributed by atoms with Crippen LogP contribution in [0.1, 0.15) is 24.0 Å². The zero-order valence-electron chi connectivity index (χ0n) is 13.9. The van der Waals surface area contributed by atoms with Gasteiger partial charge >= 0.3 is 0 Å². The van der Waals surface area contributed by atoms with Crippen molar-refractivity contribution >= 4 is 17.5 Å². The van der Waals surface area contributed by atoms with Crippen molar-refractivity contribution in [3.63, 3.8) is 0 Å². The summed E-state index contributed by atoms with van der Waals surface area (Å²) >= 11 is 6.02. The Morgan fingerprint density at radius 1 is 1.20 bits per heavy atom.